The quantitative estimate of drug-likeness (QED) is 0.794. The highest BCUT2D eigenvalue weighted by Crippen LogP contribution is 2.37. The van der Waals surface area contributed by atoms with Gasteiger partial charge in [0.1, 0.15) is 0 Å². The molecule has 0 heterocycles. The number of anilines is 3. The van der Waals surface area contributed by atoms with E-state index in [0.717, 1.165) is 10.2 Å². The van der Waals surface area contributed by atoms with Crippen molar-refractivity contribution in [3.8, 4) is 11.5 Å². The van der Waals surface area contributed by atoms with Crippen molar-refractivity contribution in [1.82, 2.24) is 0 Å². The fourth-order valence-corrected chi connectivity index (χ4v) is 2.27. The molecule has 4 nitrogen and oxygen atoms in total. The maximum absolute atomic E-state index is 6.15. The van der Waals surface area contributed by atoms with E-state index in [4.69, 9.17) is 26.8 Å². The number of benzene rings is 2. The number of nitrogens with one attached hydrogen (secondary N) is 1. The van der Waals surface area contributed by atoms with Crippen molar-refractivity contribution < 1.29 is 9.47 Å². The first kappa shape index (κ1) is 14.8. The second kappa shape index (κ2) is 6.24. The van der Waals surface area contributed by atoms with E-state index in [9.17, 15) is 0 Å². The van der Waals surface area contributed by atoms with Gasteiger partial charge in [-0.25, -0.2) is 0 Å². The summed E-state index contributed by atoms with van der Waals surface area (Å²) < 4.78 is 11.4. The van der Waals surface area contributed by atoms with Crippen molar-refractivity contribution in [3.63, 3.8) is 0 Å². The summed E-state index contributed by atoms with van der Waals surface area (Å²) in [6.07, 6.45) is 0. The number of methoxy groups -OCH3 is 2. The van der Waals surface area contributed by atoms with Crippen LogP contribution in [0.4, 0.5) is 17.1 Å². The Balaban J connectivity index is 2.40. The van der Waals surface area contributed by atoms with Crippen molar-refractivity contribution in [2.24, 2.45) is 0 Å². The van der Waals surface area contributed by atoms with Gasteiger partial charge in [-0.05, 0) is 18.2 Å². The molecule has 0 spiro atoms. The highest BCUT2D eigenvalue weighted by Gasteiger charge is 2.10. The fraction of sp³-hybridized carbons (Fsp3) is 0.143. The zero-order chi connectivity index (χ0) is 14.7. The lowest BCUT2D eigenvalue weighted by atomic mass is 10.2. The van der Waals surface area contributed by atoms with Crippen LogP contribution in [0.15, 0.2) is 34.8 Å². The molecule has 106 valence electrons. The Morgan fingerprint density at radius 1 is 1.05 bits per heavy atom. The van der Waals surface area contributed by atoms with Gasteiger partial charge in [-0.3, -0.25) is 0 Å². The van der Waals surface area contributed by atoms with E-state index in [0.29, 0.717) is 27.9 Å². The summed E-state index contributed by atoms with van der Waals surface area (Å²) in [4.78, 5) is 0. The Morgan fingerprint density at radius 3 is 2.35 bits per heavy atom. The van der Waals surface area contributed by atoms with Crippen LogP contribution in [0.2, 0.25) is 5.02 Å². The molecule has 6 heteroatoms. The van der Waals surface area contributed by atoms with Gasteiger partial charge < -0.3 is 20.5 Å². The van der Waals surface area contributed by atoms with Gasteiger partial charge in [0.2, 0.25) is 0 Å². The van der Waals surface area contributed by atoms with Gasteiger partial charge >= 0.3 is 0 Å². The minimum Gasteiger partial charge on any atom is -0.493 e. The Bertz CT molecular complexity index is 635. The van der Waals surface area contributed by atoms with E-state index >= 15 is 0 Å². The van der Waals surface area contributed by atoms with Crippen LogP contribution in [0.1, 0.15) is 0 Å². The van der Waals surface area contributed by atoms with Crippen LogP contribution in [0, 0.1) is 0 Å². The van der Waals surface area contributed by atoms with Crippen LogP contribution >= 0.6 is 27.5 Å². The minimum absolute atomic E-state index is 0.540. The lowest BCUT2D eigenvalue weighted by molar-refractivity contribution is 0.355. The minimum atomic E-state index is 0.540. The number of ether oxygens (including phenoxy) is 2. The lowest BCUT2D eigenvalue weighted by Gasteiger charge is -2.15. The van der Waals surface area contributed by atoms with Crippen molar-refractivity contribution in [1.29, 1.82) is 0 Å². The molecular formula is C14H14BrClN2O2. The monoisotopic (exact) mass is 356 g/mol. The molecule has 0 saturated heterocycles. The molecule has 0 aliphatic rings. The molecule has 0 saturated carbocycles. The molecule has 0 aromatic heterocycles. The van der Waals surface area contributed by atoms with E-state index in [1.54, 1.807) is 32.4 Å². The Kier molecular flexibility index (Phi) is 4.62. The topological polar surface area (TPSA) is 56.5 Å². The number of nitrogen functional groups attached to an aromatic ring is 1. The van der Waals surface area contributed by atoms with E-state index in [1.807, 2.05) is 12.1 Å². The number of hydrogen-bond donors (Lipinski definition) is 2. The molecule has 0 atom stereocenters. The molecular weight excluding hydrogens is 344 g/mol. The predicted octanol–water partition coefficient (Wildman–Crippen LogP) is 4.45. The standard InChI is InChI=1S/C14H14BrClN2O2/c1-19-13-6-10(17)12(7-14(13)20-2)18-11-5-8(15)3-4-9(11)16/h3-7,18H,17H2,1-2H3. The van der Waals surface area contributed by atoms with E-state index < -0.39 is 0 Å². The smallest absolute Gasteiger partial charge is 0.162 e. The lowest BCUT2D eigenvalue weighted by Crippen LogP contribution is -2.00. The number of nitrogens with two attached hydrogens (primary N) is 1. The third-order valence-corrected chi connectivity index (χ3v) is 3.58. The molecule has 2 aromatic carbocycles. The number of rotatable bonds is 4. The summed E-state index contributed by atoms with van der Waals surface area (Å²) in [6, 6.07) is 9.01. The summed E-state index contributed by atoms with van der Waals surface area (Å²) in [7, 11) is 3.14. The predicted molar refractivity (Wildman–Crippen MR) is 86.4 cm³/mol. The Morgan fingerprint density at radius 2 is 1.70 bits per heavy atom. The molecule has 0 radical (unpaired) electrons. The molecule has 3 N–H and O–H groups in total. The van der Waals surface area contributed by atoms with Crippen LogP contribution in [0.25, 0.3) is 0 Å². The van der Waals surface area contributed by atoms with Crippen molar-refractivity contribution >= 4 is 44.6 Å². The summed E-state index contributed by atoms with van der Waals surface area (Å²) >= 11 is 9.56. The van der Waals surface area contributed by atoms with E-state index in [-0.39, 0.29) is 0 Å². The molecule has 0 bridgehead atoms. The maximum atomic E-state index is 6.15. The van der Waals surface area contributed by atoms with Gasteiger partial charge in [0.15, 0.2) is 11.5 Å². The van der Waals surface area contributed by atoms with Gasteiger partial charge in [-0.1, -0.05) is 27.5 Å². The van der Waals surface area contributed by atoms with Gasteiger partial charge in [-0.15, -0.1) is 0 Å². The van der Waals surface area contributed by atoms with Crippen LogP contribution in [0.3, 0.4) is 0 Å². The summed E-state index contributed by atoms with van der Waals surface area (Å²) in [5, 5.41) is 3.78. The van der Waals surface area contributed by atoms with Crippen molar-refractivity contribution in [2.75, 3.05) is 25.3 Å². The first-order chi connectivity index (χ1) is 9.55. The largest absolute Gasteiger partial charge is 0.493 e. The van der Waals surface area contributed by atoms with Gasteiger partial charge in [0, 0.05) is 16.6 Å². The molecule has 2 aromatic rings. The molecule has 0 fully saturated rings. The van der Waals surface area contributed by atoms with Crippen molar-refractivity contribution in [2.45, 2.75) is 0 Å². The summed E-state index contributed by atoms with van der Waals surface area (Å²) in [5.41, 5.74) is 7.99. The highest BCUT2D eigenvalue weighted by atomic mass is 79.9. The zero-order valence-electron chi connectivity index (χ0n) is 11.0. The van der Waals surface area contributed by atoms with Crippen LogP contribution in [-0.4, -0.2) is 14.2 Å². The average molecular weight is 358 g/mol. The zero-order valence-corrected chi connectivity index (χ0v) is 13.4. The van der Waals surface area contributed by atoms with Gasteiger partial charge in [0.25, 0.3) is 0 Å². The van der Waals surface area contributed by atoms with Crippen LogP contribution in [0.5, 0.6) is 11.5 Å². The molecule has 2 rings (SSSR count). The SMILES string of the molecule is COc1cc(N)c(Nc2cc(Br)ccc2Cl)cc1OC. The Labute approximate surface area is 131 Å². The van der Waals surface area contributed by atoms with Crippen molar-refractivity contribution in [3.05, 3.63) is 39.8 Å². The first-order valence-corrected chi connectivity index (χ1v) is 6.96. The van der Waals surface area contributed by atoms with E-state index in [1.165, 1.54) is 0 Å². The van der Waals surface area contributed by atoms with E-state index in [2.05, 4.69) is 21.2 Å². The molecule has 0 amide bonds. The van der Waals surface area contributed by atoms with Gasteiger partial charge in [-0.2, -0.15) is 0 Å². The van der Waals surface area contributed by atoms with Crippen LogP contribution < -0.4 is 20.5 Å². The second-order valence-corrected chi connectivity index (χ2v) is 5.37. The maximum Gasteiger partial charge on any atom is 0.162 e. The van der Waals surface area contributed by atoms with Crippen LogP contribution in [-0.2, 0) is 0 Å². The summed E-state index contributed by atoms with van der Waals surface area (Å²) in [6.45, 7) is 0. The third kappa shape index (κ3) is 3.11. The molecule has 0 unspecified atom stereocenters. The molecule has 20 heavy (non-hydrogen) atoms. The normalized spacial score (nSPS) is 10.2. The summed E-state index contributed by atoms with van der Waals surface area (Å²) in [5.74, 6) is 1.17. The fourth-order valence-electron chi connectivity index (χ4n) is 1.74. The molecule has 0 aliphatic heterocycles. The average Bonchev–Trinajstić information content (AvgIpc) is 2.44. The van der Waals surface area contributed by atoms with Gasteiger partial charge in [0.05, 0.1) is 36.3 Å². The Hall–Kier alpha value is -1.59. The number of halogens is 2. The first-order valence-electron chi connectivity index (χ1n) is 5.78. The third-order valence-electron chi connectivity index (χ3n) is 2.75. The number of hydrogen-bond acceptors (Lipinski definition) is 4. The molecule has 0 aliphatic carbocycles. The second-order valence-electron chi connectivity index (χ2n) is 4.04. The highest BCUT2D eigenvalue weighted by molar-refractivity contribution is 9.10.